The van der Waals surface area contributed by atoms with E-state index in [1.165, 1.54) is 11.6 Å². The van der Waals surface area contributed by atoms with Crippen molar-refractivity contribution in [3.05, 3.63) is 48.7 Å². The molecule has 2 aromatic heterocycles. The van der Waals surface area contributed by atoms with Crippen molar-refractivity contribution < 1.29 is 0 Å². The Labute approximate surface area is 114 Å². The van der Waals surface area contributed by atoms with Gasteiger partial charge in [0.25, 0.3) is 5.56 Å². The van der Waals surface area contributed by atoms with E-state index >= 15 is 0 Å². The lowest BCUT2D eigenvalue weighted by molar-refractivity contribution is 0.626. The lowest BCUT2D eigenvalue weighted by Gasteiger charge is -2.07. The maximum atomic E-state index is 11.9. The monoisotopic (exact) mass is 280 g/mol. The van der Waals surface area contributed by atoms with Crippen LogP contribution in [0.15, 0.2) is 21.2 Å². The molecular formula is C12H16N4O2S. The molecule has 0 aliphatic rings. The summed E-state index contributed by atoms with van der Waals surface area (Å²) >= 11 is 1.60. The second kappa shape index (κ2) is 5.50. The maximum absolute atomic E-state index is 11.9. The summed E-state index contributed by atoms with van der Waals surface area (Å²) in [4.78, 5) is 27.8. The van der Waals surface area contributed by atoms with Crippen LogP contribution in [0.2, 0.25) is 0 Å². The minimum atomic E-state index is -0.316. The average molecular weight is 280 g/mol. The molecule has 19 heavy (non-hydrogen) atoms. The minimum Gasteiger partial charge on any atom is -0.307 e. The van der Waals surface area contributed by atoms with Crippen LogP contribution in [0, 0.1) is 6.92 Å². The Bertz CT molecular complexity index is 698. The van der Waals surface area contributed by atoms with Gasteiger partial charge in [-0.15, -0.1) is 11.3 Å². The van der Waals surface area contributed by atoms with E-state index < -0.39 is 0 Å². The Hall–Kier alpha value is -1.73. The molecule has 0 saturated carbocycles. The van der Waals surface area contributed by atoms with Crippen LogP contribution in [0.3, 0.4) is 0 Å². The predicted molar refractivity (Wildman–Crippen MR) is 74.3 cm³/mol. The van der Waals surface area contributed by atoms with Gasteiger partial charge in [-0.05, 0) is 6.92 Å². The molecule has 0 fully saturated rings. The third kappa shape index (κ3) is 2.99. The summed E-state index contributed by atoms with van der Waals surface area (Å²) in [5.41, 5.74) is 0.953. The first-order valence-electron chi connectivity index (χ1n) is 5.86. The van der Waals surface area contributed by atoms with Gasteiger partial charge >= 0.3 is 5.69 Å². The molecule has 0 unspecified atom stereocenters. The normalized spacial score (nSPS) is 10.9. The number of hydrogen-bond donors (Lipinski definition) is 1. The van der Waals surface area contributed by atoms with Crippen molar-refractivity contribution in [2.24, 2.45) is 14.1 Å². The number of aryl methyl sites for hydroxylation is 2. The van der Waals surface area contributed by atoms with E-state index in [2.05, 4.69) is 10.3 Å². The number of nitrogens with zero attached hydrogens (tertiary/aromatic N) is 3. The van der Waals surface area contributed by atoms with Crippen LogP contribution in [0.1, 0.15) is 16.3 Å². The molecule has 2 heterocycles. The zero-order chi connectivity index (χ0) is 14.0. The third-order valence-corrected chi connectivity index (χ3v) is 3.63. The van der Waals surface area contributed by atoms with Gasteiger partial charge in [0.2, 0.25) is 0 Å². The fourth-order valence-corrected chi connectivity index (χ4v) is 2.43. The standard InChI is InChI=1S/C12H16N4O2S/c1-8-14-10(7-19-8)5-13-4-9-6-15(2)12(18)16(3)11(9)17/h6-7,13H,4-5H2,1-3H3. The molecular weight excluding hydrogens is 264 g/mol. The van der Waals surface area contributed by atoms with Crippen molar-refractivity contribution in [2.75, 3.05) is 0 Å². The summed E-state index contributed by atoms with van der Waals surface area (Å²) in [5, 5.41) is 6.17. The van der Waals surface area contributed by atoms with Crippen molar-refractivity contribution in [1.29, 1.82) is 0 Å². The summed E-state index contributed by atoms with van der Waals surface area (Å²) < 4.78 is 2.52. The second-order valence-electron chi connectivity index (χ2n) is 4.37. The molecule has 0 bridgehead atoms. The van der Waals surface area contributed by atoms with Gasteiger partial charge in [-0.25, -0.2) is 9.78 Å². The van der Waals surface area contributed by atoms with Gasteiger partial charge in [0.15, 0.2) is 0 Å². The van der Waals surface area contributed by atoms with E-state index in [0.29, 0.717) is 18.7 Å². The van der Waals surface area contributed by atoms with E-state index in [0.717, 1.165) is 15.3 Å². The molecule has 2 rings (SSSR count). The summed E-state index contributed by atoms with van der Waals surface area (Å²) in [6.07, 6.45) is 1.57. The van der Waals surface area contributed by atoms with E-state index in [4.69, 9.17) is 0 Å². The largest absolute Gasteiger partial charge is 0.330 e. The van der Waals surface area contributed by atoms with Gasteiger partial charge in [0, 0.05) is 44.3 Å². The van der Waals surface area contributed by atoms with Gasteiger partial charge < -0.3 is 9.88 Å². The molecule has 6 nitrogen and oxygen atoms in total. The molecule has 0 aliphatic carbocycles. The lowest BCUT2D eigenvalue weighted by Crippen LogP contribution is -2.39. The van der Waals surface area contributed by atoms with Crippen LogP contribution < -0.4 is 16.6 Å². The zero-order valence-electron chi connectivity index (χ0n) is 11.1. The highest BCUT2D eigenvalue weighted by Crippen LogP contribution is 2.07. The predicted octanol–water partition coefficient (Wildman–Crippen LogP) is 0.139. The van der Waals surface area contributed by atoms with Crippen molar-refractivity contribution in [3.8, 4) is 0 Å². The highest BCUT2D eigenvalue weighted by Gasteiger charge is 2.06. The highest BCUT2D eigenvalue weighted by atomic mass is 32.1. The average Bonchev–Trinajstić information content (AvgIpc) is 2.79. The third-order valence-electron chi connectivity index (χ3n) is 2.81. The molecule has 0 amide bonds. The van der Waals surface area contributed by atoms with E-state index in [1.807, 2.05) is 12.3 Å². The molecule has 1 N–H and O–H groups in total. The van der Waals surface area contributed by atoms with Gasteiger partial charge in [-0.3, -0.25) is 9.36 Å². The lowest BCUT2D eigenvalue weighted by atomic mass is 10.3. The Kier molecular flexibility index (Phi) is 3.96. The number of rotatable bonds is 4. The zero-order valence-corrected chi connectivity index (χ0v) is 12.0. The van der Waals surface area contributed by atoms with Crippen LogP contribution >= 0.6 is 11.3 Å². The van der Waals surface area contributed by atoms with Crippen LogP contribution in [0.25, 0.3) is 0 Å². The first-order chi connectivity index (χ1) is 8.99. The van der Waals surface area contributed by atoms with Crippen LogP contribution in [0.5, 0.6) is 0 Å². The number of nitrogens with one attached hydrogen (secondary N) is 1. The molecule has 0 aliphatic heterocycles. The van der Waals surface area contributed by atoms with Crippen LogP contribution in [-0.2, 0) is 27.2 Å². The maximum Gasteiger partial charge on any atom is 0.330 e. The summed E-state index contributed by atoms with van der Waals surface area (Å²) in [7, 11) is 3.12. The molecule has 7 heteroatoms. The molecule has 2 aromatic rings. The van der Waals surface area contributed by atoms with Crippen molar-refractivity contribution in [3.63, 3.8) is 0 Å². The van der Waals surface area contributed by atoms with Crippen LogP contribution in [0.4, 0.5) is 0 Å². The molecule has 0 radical (unpaired) electrons. The molecule has 0 spiro atoms. The Morgan fingerprint density at radius 3 is 2.68 bits per heavy atom. The second-order valence-corrected chi connectivity index (χ2v) is 5.44. The summed E-state index contributed by atoms with van der Waals surface area (Å²) in [6, 6.07) is 0. The Balaban J connectivity index is 2.08. The minimum absolute atomic E-state index is 0.259. The number of hydrogen-bond acceptors (Lipinski definition) is 5. The molecule has 0 aromatic carbocycles. The van der Waals surface area contributed by atoms with Crippen molar-refractivity contribution in [1.82, 2.24) is 19.4 Å². The van der Waals surface area contributed by atoms with Crippen LogP contribution in [-0.4, -0.2) is 14.1 Å². The quantitative estimate of drug-likeness (QED) is 0.865. The van der Waals surface area contributed by atoms with Gasteiger partial charge in [0.05, 0.1) is 10.7 Å². The number of thiazole rings is 1. The Morgan fingerprint density at radius 2 is 2.05 bits per heavy atom. The topological polar surface area (TPSA) is 68.9 Å². The van der Waals surface area contributed by atoms with Gasteiger partial charge in [-0.2, -0.15) is 0 Å². The molecule has 0 saturated heterocycles. The fourth-order valence-electron chi connectivity index (χ4n) is 1.82. The first kappa shape index (κ1) is 13.7. The molecule has 0 atom stereocenters. The highest BCUT2D eigenvalue weighted by molar-refractivity contribution is 7.09. The van der Waals surface area contributed by atoms with E-state index in [9.17, 15) is 9.59 Å². The van der Waals surface area contributed by atoms with E-state index in [1.54, 1.807) is 24.6 Å². The number of aromatic nitrogens is 3. The van der Waals surface area contributed by atoms with Crippen molar-refractivity contribution in [2.45, 2.75) is 20.0 Å². The molecule has 102 valence electrons. The fraction of sp³-hybridized carbons (Fsp3) is 0.417. The van der Waals surface area contributed by atoms with Gasteiger partial charge in [-0.1, -0.05) is 0 Å². The Morgan fingerprint density at radius 1 is 1.32 bits per heavy atom. The van der Waals surface area contributed by atoms with E-state index in [-0.39, 0.29) is 11.2 Å². The van der Waals surface area contributed by atoms with Crippen molar-refractivity contribution >= 4 is 11.3 Å². The smallest absolute Gasteiger partial charge is 0.307 e. The SMILES string of the molecule is Cc1nc(CNCc2cn(C)c(=O)n(C)c2=O)cs1. The van der Waals surface area contributed by atoms with Gasteiger partial charge in [0.1, 0.15) is 0 Å². The summed E-state index contributed by atoms with van der Waals surface area (Å²) in [5.74, 6) is 0. The summed E-state index contributed by atoms with van der Waals surface area (Å²) in [6.45, 7) is 2.98. The first-order valence-corrected chi connectivity index (χ1v) is 6.74.